The highest BCUT2D eigenvalue weighted by Crippen LogP contribution is 2.26. The predicted molar refractivity (Wildman–Crippen MR) is 66.0 cm³/mol. The number of hydrogen-bond acceptors (Lipinski definition) is 4. The van der Waals surface area contributed by atoms with Crippen LogP contribution in [0.1, 0.15) is 5.56 Å². The van der Waals surface area contributed by atoms with Crippen LogP contribution in [-0.2, 0) is 6.42 Å². The number of pyridine rings is 1. The molecule has 0 aliphatic rings. The number of aliphatic hydroxyl groups excluding tert-OH is 1. The van der Waals surface area contributed by atoms with E-state index in [-0.39, 0.29) is 6.61 Å². The van der Waals surface area contributed by atoms with Crippen molar-refractivity contribution in [1.29, 1.82) is 0 Å². The topological polar surface area (TPSA) is 68.4 Å². The smallest absolute Gasteiger partial charge is 0.153 e. The molecule has 3 N–H and O–H groups in total. The number of aromatic nitrogens is 1. The maximum absolute atomic E-state index is 8.81. The lowest BCUT2D eigenvalue weighted by molar-refractivity contribution is 0.299. The summed E-state index contributed by atoms with van der Waals surface area (Å²) >= 11 is 0. The Kier molecular flexibility index (Phi) is 3.57. The van der Waals surface area contributed by atoms with Gasteiger partial charge < -0.3 is 15.6 Å². The molecular weight excluding hydrogens is 216 g/mol. The number of anilines is 1. The summed E-state index contributed by atoms with van der Waals surface area (Å²) in [5.41, 5.74) is 7.30. The van der Waals surface area contributed by atoms with Gasteiger partial charge in [0.25, 0.3) is 0 Å². The lowest BCUT2D eigenvalue weighted by atomic mass is 10.1. The van der Waals surface area contributed by atoms with Gasteiger partial charge in [-0.2, -0.15) is 0 Å². The maximum Gasteiger partial charge on any atom is 0.153 e. The second kappa shape index (κ2) is 5.32. The van der Waals surface area contributed by atoms with E-state index in [2.05, 4.69) is 4.98 Å². The van der Waals surface area contributed by atoms with E-state index in [1.807, 2.05) is 24.3 Å². The summed E-state index contributed by atoms with van der Waals surface area (Å²) in [6, 6.07) is 9.26. The lowest BCUT2D eigenvalue weighted by Crippen LogP contribution is -1.93. The van der Waals surface area contributed by atoms with Gasteiger partial charge in [0.15, 0.2) is 5.75 Å². The molecule has 88 valence electrons. The quantitative estimate of drug-likeness (QED) is 0.842. The van der Waals surface area contributed by atoms with Crippen molar-refractivity contribution < 1.29 is 9.84 Å². The third-order valence-electron chi connectivity index (χ3n) is 2.36. The van der Waals surface area contributed by atoms with E-state index in [1.165, 1.54) is 0 Å². The van der Waals surface area contributed by atoms with Crippen LogP contribution in [0.2, 0.25) is 0 Å². The van der Waals surface area contributed by atoms with E-state index in [9.17, 15) is 0 Å². The Bertz CT molecular complexity index is 483. The first kappa shape index (κ1) is 11.4. The van der Waals surface area contributed by atoms with Crippen LogP contribution >= 0.6 is 0 Å². The number of benzene rings is 1. The Hall–Kier alpha value is -2.07. The molecule has 1 heterocycles. The van der Waals surface area contributed by atoms with Crippen molar-refractivity contribution in [3.63, 3.8) is 0 Å². The molecule has 0 unspecified atom stereocenters. The lowest BCUT2D eigenvalue weighted by Gasteiger charge is -2.08. The Morgan fingerprint density at radius 1 is 1.18 bits per heavy atom. The molecule has 2 aromatic rings. The number of nitrogen functional groups attached to an aromatic ring is 1. The first-order chi connectivity index (χ1) is 8.29. The number of rotatable bonds is 4. The fourth-order valence-electron chi connectivity index (χ4n) is 1.47. The van der Waals surface area contributed by atoms with Gasteiger partial charge >= 0.3 is 0 Å². The fourth-order valence-corrected chi connectivity index (χ4v) is 1.47. The number of hydrogen-bond donors (Lipinski definition) is 2. The molecule has 0 amide bonds. The van der Waals surface area contributed by atoms with Crippen LogP contribution in [0.5, 0.6) is 11.5 Å². The van der Waals surface area contributed by atoms with Crippen molar-refractivity contribution in [2.24, 2.45) is 0 Å². The second-order valence-corrected chi connectivity index (χ2v) is 3.63. The minimum atomic E-state index is 0.150. The summed E-state index contributed by atoms with van der Waals surface area (Å²) in [4.78, 5) is 3.89. The summed E-state index contributed by atoms with van der Waals surface area (Å²) in [6.07, 6.45) is 3.83. The molecule has 0 atom stereocenters. The minimum Gasteiger partial charge on any atom is -0.455 e. The maximum atomic E-state index is 8.81. The van der Waals surface area contributed by atoms with E-state index in [0.29, 0.717) is 23.6 Å². The summed E-state index contributed by atoms with van der Waals surface area (Å²) in [7, 11) is 0. The molecule has 0 aliphatic carbocycles. The van der Waals surface area contributed by atoms with E-state index >= 15 is 0 Å². The fraction of sp³-hybridized carbons (Fsp3) is 0.154. The number of ether oxygens (including phenoxy) is 1. The average molecular weight is 230 g/mol. The van der Waals surface area contributed by atoms with Crippen molar-refractivity contribution >= 4 is 5.69 Å². The molecule has 1 aromatic heterocycles. The molecule has 0 spiro atoms. The molecule has 0 saturated heterocycles. The van der Waals surface area contributed by atoms with Crippen molar-refractivity contribution in [3.05, 3.63) is 48.3 Å². The molecule has 0 bridgehead atoms. The van der Waals surface area contributed by atoms with Crippen molar-refractivity contribution in [3.8, 4) is 11.5 Å². The Labute approximate surface area is 99.7 Å². The largest absolute Gasteiger partial charge is 0.455 e. The van der Waals surface area contributed by atoms with Crippen LogP contribution in [0.3, 0.4) is 0 Å². The summed E-state index contributed by atoms with van der Waals surface area (Å²) in [5, 5.41) is 8.81. The molecule has 2 rings (SSSR count). The standard InChI is InChI=1S/C13H14N2O2/c14-12-9-15-7-5-13(12)17-11-3-1-10(2-4-11)6-8-16/h1-5,7,9,16H,6,8,14H2. The van der Waals surface area contributed by atoms with E-state index in [1.54, 1.807) is 18.5 Å². The molecule has 0 saturated carbocycles. The Morgan fingerprint density at radius 2 is 1.94 bits per heavy atom. The molecule has 4 heteroatoms. The number of nitrogens with two attached hydrogens (primary N) is 1. The SMILES string of the molecule is Nc1cnccc1Oc1ccc(CCO)cc1. The average Bonchev–Trinajstić information content (AvgIpc) is 2.35. The second-order valence-electron chi connectivity index (χ2n) is 3.63. The van der Waals surface area contributed by atoms with Crippen LogP contribution in [0, 0.1) is 0 Å². The third kappa shape index (κ3) is 2.95. The Balaban J connectivity index is 2.11. The molecular formula is C13H14N2O2. The van der Waals surface area contributed by atoms with E-state index < -0.39 is 0 Å². The summed E-state index contributed by atoms with van der Waals surface area (Å²) in [5.74, 6) is 1.31. The zero-order chi connectivity index (χ0) is 12.1. The molecule has 17 heavy (non-hydrogen) atoms. The van der Waals surface area contributed by atoms with Crippen LogP contribution in [0.15, 0.2) is 42.7 Å². The van der Waals surface area contributed by atoms with E-state index in [0.717, 1.165) is 5.56 Å². The normalized spacial score (nSPS) is 10.2. The van der Waals surface area contributed by atoms with Crippen LogP contribution in [0.25, 0.3) is 0 Å². The Morgan fingerprint density at radius 3 is 2.59 bits per heavy atom. The summed E-state index contributed by atoms with van der Waals surface area (Å²) < 4.78 is 5.61. The highest BCUT2D eigenvalue weighted by atomic mass is 16.5. The van der Waals surface area contributed by atoms with Gasteiger partial charge in [-0.25, -0.2) is 0 Å². The van der Waals surface area contributed by atoms with Gasteiger partial charge in [-0.05, 0) is 24.1 Å². The molecule has 0 aliphatic heterocycles. The van der Waals surface area contributed by atoms with Crippen LogP contribution < -0.4 is 10.5 Å². The number of aliphatic hydroxyl groups is 1. The molecule has 4 nitrogen and oxygen atoms in total. The van der Waals surface area contributed by atoms with Crippen LogP contribution in [-0.4, -0.2) is 16.7 Å². The van der Waals surface area contributed by atoms with Gasteiger partial charge in [0.1, 0.15) is 5.75 Å². The van der Waals surface area contributed by atoms with Crippen molar-refractivity contribution in [2.45, 2.75) is 6.42 Å². The first-order valence-electron chi connectivity index (χ1n) is 5.37. The van der Waals surface area contributed by atoms with E-state index in [4.69, 9.17) is 15.6 Å². The highest BCUT2D eigenvalue weighted by Gasteiger charge is 2.01. The van der Waals surface area contributed by atoms with Crippen LogP contribution in [0.4, 0.5) is 5.69 Å². The van der Waals surface area contributed by atoms with Gasteiger partial charge in [-0.3, -0.25) is 4.98 Å². The first-order valence-corrected chi connectivity index (χ1v) is 5.37. The van der Waals surface area contributed by atoms with Gasteiger partial charge in [-0.1, -0.05) is 12.1 Å². The highest BCUT2D eigenvalue weighted by molar-refractivity contribution is 5.51. The number of nitrogens with zero attached hydrogens (tertiary/aromatic N) is 1. The summed E-state index contributed by atoms with van der Waals surface area (Å²) in [6.45, 7) is 0.150. The van der Waals surface area contributed by atoms with Gasteiger partial charge in [0, 0.05) is 18.9 Å². The monoisotopic (exact) mass is 230 g/mol. The molecule has 1 aromatic carbocycles. The molecule has 0 fully saturated rings. The molecule has 0 radical (unpaired) electrons. The zero-order valence-corrected chi connectivity index (χ0v) is 9.34. The van der Waals surface area contributed by atoms with Gasteiger partial charge in [-0.15, -0.1) is 0 Å². The zero-order valence-electron chi connectivity index (χ0n) is 9.34. The van der Waals surface area contributed by atoms with Crippen molar-refractivity contribution in [2.75, 3.05) is 12.3 Å². The van der Waals surface area contributed by atoms with Gasteiger partial charge in [0.05, 0.1) is 11.9 Å². The third-order valence-corrected chi connectivity index (χ3v) is 2.36. The predicted octanol–water partition coefficient (Wildman–Crippen LogP) is 1.99. The van der Waals surface area contributed by atoms with Gasteiger partial charge in [0.2, 0.25) is 0 Å². The minimum absolute atomic E-state index is 0.150. The van der Waals surface area contributed by atoms with Crippen molar-refractivity contribution in [1.82, 2.24) is 4.98 Å².